The van der Waals surface area contributed by atoms with E-state index in [1.165, 1.54) is 6.92 Å². The van der Waals surface area contributed by atoms with E-state index >= 15 is 0 Å². The normalized spacial score (nSPS) is 10.9. The van der Waals surface area contributed by atoms with Gasteiger partial charge in [0.1, 0.15) is 11.5 Å². The van der Waals surface area contributed by atoms with Gasteiger partial charge in [0.05, 0.1) is 0 Å². The van der Waals surface area contributed by atoms with Crippen LogP contribution in [0.4, 0.5) is 0 Å². The van der Waals surface area contributed by atoms with Gasteiger partial charge in [0.15, 0.2) is 6.61 Å². The average Bonchev–Trinajstić information content (AvgIpc) is 2.34. The van der Waals surface area contributed by atoms with Gasteiger partial charge in [0, 0.05) is 12.1 Å². The van der Waals surface area contributed by atoms with E-state index in [9.17, 15) is 9.59 Å². The molecule has 1 aromatic carbocycles. The molecule has 0 saturated heterocycles. The van der Waals surface area contributed by atoms with E-state index in [-0.39, 0.29) is 24.7 Å². The summed E-state index contributed by atoms with van der Waals surface area (Å²) in [5.74, 6) is 0.268. The Balaban J connectivity index is 2.32. The maximum Gasteiger partial charge on any atom is 0.277 e. The molecule has 0 aliphatic rings. The third-order valence-electron chi connectivity index (χ3n) is 1.99. The zero-order valence-corrected chi connectivity index (χ0v) is 10.5. The van der Waals surface area contributed by atoms with E-state index in [1.54, 1.807) is 19.1 Å². The molecule has 96 valence electrons. The van der Waals surface area contributed by atoms with Gasteiger partial charge >= 0.3 is 0 Å². The lowest BCUT2D eigenvalue weighted by Crippen LogP contribution is -2.25. The third kappa shape index (κ3) is 5.79. The van der Waals surface area contributed by atoms with Crippen molar-refractivity contribution in [2.45, 2.75) is 20.3 Å². The molecule has 0 spiro atoms. The predicted octanol–water partition coefficient (Wildman–Crippen LogP) is 1.54. The number of rotatable bonds is 6. The van der Waals surface area contributed by atoms with Gasteiger partial charge in [0.2, 0.25) is 0 Å². The number of benzene rings is 1. The highest BCUT2D eigenvalue weighted by Gasteiger charge is 2.02. The van der Waals surface area contributed by atoms with Crippen molar-refractivity contribution >= 4 is 17.4 Å². The largest absolute Gasteiger partial charge is 0.484 e. The second-order valence-electron chi connectivity index (χ2n) is 3.86. The van der Waals surface area contributed by atoms with Crippen molar-refractivity contribution in [3.8, 4) is 5.75 Å². The van der Waals surface area contributed by atoms with Crippen LogP contribution in [0.2, 0.25) is 0 Å². The second-order valence-corrected chi connectivity index (χ2v) is 3.86. The molecule has 18 heavy (non-hydrogen) atoms. The number of carbonyl (C=O) groups excluding carboxylic acids is 2. The lowest BCUT2D eigenvalue weighted by atomic mass is 10.2. The molecule has 5 nitrogen and oxygen atoms in total. The highest BCUT2D eigenvalue weighted by molar-refractivity contribution is 6.00. The number of nitrogens with one attached hydrogen (secondary N) is 1. The fourth-order valence-corrected chi connectivity index (χ4v) is 1.26. The highest BCUT2D eigenvalue weighted by atomic mass is 16.5. The number of carbonyl (C=O) groups is 2. The van der Waals surface area contributed by atoms with Crippen molar-refractivity contribution < 1.29 is 14.3 Å². The Hall–Kier alpha value is -2.17. The Kier molecular flexibility index (Phi) is 5.57. The van der Waals surface area contributed by atoms with E-state index < -0.39 is 0 Å². The van der Waals surface area contributed by atoms with E-state index in [0.717, 1.165) is 0 Å². The summed E-state index contributed by atoms with van der Waals surface area (Å²) in [6, 6.07) is 9.03. The summed E-state index contributed by atoms with van der Waals surface area (Å²) in [4.78, 5) is 22.2. The summed E-state index contributed by atoms with van der Waals surface area (Å²) in [5, 5.41) is 3.79. The monoisotopic (exact) mass is 248 g/mol. The van der Waals surface area contributed by atoms with E-state index in [2.05, 4.69) is 10.5 Å². The smallest absolute Gasteiger partial charge is 0.277 e. The minimum atomic E-state index is -0.359. The number of ether oxygens (including phenoxy) is 1. The molecule has 0 fully saturated rings. The fourth-order valence-electron chi connectivity index (χ4n) is 1.26. The first kappa shape index (κ1) is 13.9. The molecule has 0 aliphatic carbocycles. The number of amides is 1. The van der Waals surface area contributed by atoms with Crippen LogP contribution in [0.5, 0.6) is 5.75 Å². The predicted molar refractivity (Wildman–Crippen MR) is 68.5 cm³/mol. The summed E-state index contributed by atoms with van der Waals surface area (Å²) in [6.45, 7) is 3.04. The van der Waals surface area contributed by atoms with Crippen molar-refractivity contribution in [1.82, 2.24) is 5.43 Å². The minimum Gasteiger partial charge on any atom is -0.484 e. The molecule has 0 bridgehead atoms. The van der Waals surface area contributed by atoms with Gasteiger partial charge in [-0.15, -0.1) is 0 Å². The van der Waals surface area contributed by atoms with Crippen LogP contribution >= 0.6 is 0 Å². The number of ketones is 1. The lowest BCUT2D eigenvalue weighted by molar-refractivity contribution is -0.123. The van der Waals surface area contributed by atoms with Gasteiger partial charge in [-0.25, -0.2) is 5.43 Å². The molecule has 0 heterocycles. The SMILES string of the molecule is CC(=O)C/C(C)=N\NC(=O)COc1ccccc1. The molecular weight excluding hydrogens is 232 g/mol. The van der Waals surface area contributed by atoms with Gasteiger partial charge in [0.25, 0.3) is 5.91 Å². The van der Waals surface area contributed by atoms with Crippen LogP contribution < -0.4 is 10.2 Å². The maximum atomic E-state index is 11.4. The third-order valence-corrected chi connectivity index (χ3v) is 1.99. The van der Waals surface area contributed by atoms with Crippen LogP contribution in [0.1, 0.15) is 20.3 Å². The van der Waals surface area contributed by atoms with Crippen molar-refractivity contribution in [2.24, 2.45) is 5.10 Å². The quantitative estimate of drug-likeness (QED) is 0.613. The Labute approximate surface area is 106 Å². The number of nitrogens with zero attached hydrogens (tertiary/aromatic N) is 1. The molecule has 0 atom stereocenters. The van der Waals surface area contributed by atoms with Crippen LogP contribution in [0.25, 0.3) is 0 Å². The zero-order chi connectivity index (χ0) is 13.4. The van der Waals surface area contributed by atoms with Crippen molar-refractivity contribution in [2.75, 3.05) is 6.61 Å². The first-order valence-corrected chi connectivity index (χ1v) is 5.57. The Morgan fingerprint density at radius 1 is 1.22 bits per heavy atom. The van der Waals surface area contributed by atoms with Gasteiger partial charge in [-0.05, 0) is 26.0 Å². The van der Waals surface area contributed by atoms with E-state index in [4.69, 9.17) is 4.74 Å². The van der Waals surface area contributed by atoms with E-state index in [1.807, 2.05) is 18.2 Å². The minimum absolute atomic E-state index is 0.00559. The van der Waals surface area contributed by atoms with Crippen molar-refractivity contribution in [1.29, 1.82) is 0 Å². The Morgan fingerprint density at radius 3 is 2.50 bits per heavy atom. The summed E-state index contributed by atoms with van der Waals surface area (Å²) in [5.41, 5.74) is 2.90. The number of para-hydroxylation sites is 1. The van der Waals surface area contributed by atoms with Crippen molar-refractivity contribution in [3.05, 3.63) is 30.3 Å². The summed E-state index contributed by atoms with van der Waals surface area (Å²) in [7, 11) is 0. The number of hydrogen-bond acceptors (Lipinski definition) is 4. The zero-order valence-electron chi connectivity index (χ0n) is 10.5. The molecule has 1 aromatic rings. The van der Waals surface area contributed by atoms with E-state index in [0.29, 0.717) is 11.5 Å². The molecule has 0 saturated carbocycles. The summed E-state index contributed by atoms with van der Waals surface area (Å²) < 4.78 is 5.23. The van der Waals surface area contributed by atoms with Crippen LogP contribution in [-0.4, -0.2) is 24.0 Å². The van der Waals surface area contributed by atoms with Gasteiger partial charge in [-0.3, -0.25) is 9.59 Å². The van der Waals surface area contributed by atoms with Crippen molar-refractivity contribution in [3.63, 3.8) is 0 Å². The van der Waals surface area contributed by atoms with Crippen LogP contribution in [0.15, 0.2) is 35.4 Å². The molecule has 1 N–H and O–H groups in total. The van der Waals surface area contributed by atoms with Crippen LogP contribution in [0, 0.1) is 0 Å². The Morgan fingerprint density at radius 2 is 1.89 bits per heavy atom. The van der Waals surface area contributed by atoms with Crippen LogP contribution in [-0.2, 0) is 9.59 Å². The molecule has 1 amide bonds. The van der Waals surface area contributed by atoms with Gasteiger partial charge in [-0.2, -0.15) is 5.10 Å². The second kappa shape index (κ2) is 7.21. The number of hydrogen-bond donors (Lipinski definition) is 1. The molecule has 0 aliphatic heterocycles. The number of hydrazone groups is 1. The summed E-state index contributed by atoms with van der Waals surface area (Å²) >= 11 is 0. The molecule has 0 unspecified atom stereocenters. The number of Topliss-reactive ketones (excluding diaryl/α,β-unsaturated/α-hetero) is 1. The first-order chi connectivity index (χ1) is 8.58. The topological polar surface area (TPSA) is 67.8 Å². The molecule has 1 rings (SSSR count). The van der Waals surface area contributed by atoms with Crippen LogP contribution in [0.3, 0.4) is 0 Å². The molecule has 0 radical (unpaired) electrons. The maximum absolute atomic E-state index is 11.4. The molecule has 5 heteroatoms. The Bertz CT molecular complexity index is 441. The molecule has 0 aromatic heterocycles. The fraction of sp³-hybridized carbons (Fsp3) is 0.308. The first-order valence-electron chi connectivity index (χ1n) is 5.57. The van der Waals surface area contributed by atoms with Gasteiger partial charge < -0.3 is 4.74 Å². The summed E-state index contributed by atoms with van der Waals surface area (Å²) in [6.07, 6.45) is 0.236. The average molecular weight is 248 g/mol. The van der Waals surface area contributed by atoms with Gasteiger partial charge in [-0.1, -0.05) is 18.2 Å². The lowest BCUT2D eigenvalue weighted by Gasteiger charge is -2.04. The molecular formula is C13H16N2O3. The standard InChI is InChI=1S/C13H16N2O3/c1-10(8-11(2)16)14-15-13(17)9-18-12-6-4-3-5-7-12/h3-7H,8-9H2,1-2H3,(H,15,17)/b14-10-. The highest BCUT2D eigenvalue weighted by Crippen LogP contribution is 2.07.